The van der Waals surface area contributed by atoms with Crippen molar-refractivity contribution >= 4 is 23.2 Å². The molecule has 2 heterocycles. The van der Waals surface area contributed by atoms with Crippen LogP contribution in [0, 0.1) is 0 Å². The van der Waals surface area contributed by atoms with E-state index in [2.05, 4.69) is 34.5 Å². The Morgan fingerprint density at radius 1 is 0.970 bits per heavy atom. The maximum absolute atomic E-state index is 12.5. The molecule has 33 heavy (non-hydrogen) atoms. The molecule has 0 unspecified atom stereocenters. The number of thiophene rings is 1. The van der Waals surface area contributed by atoms with Crippen LogP contribution in [0.15, 0.2) is 60.0 Å². The van der Waals surface area contributed by atoms with E-state index in [1.54, 1.807) is 0 Å². The lowest BCUT2D eigenvalue weighted by molar-refractivity contribution is -0.139. The maximum atomic E-state index is 12.5. The summed E-state index contributed by atoms with van der Waals surface area (Å²) in [6.45, 7) is 4.86. The highest BCUT2D eigenvalue weighted by Crippen LogP contribution is 2.28. The monoisotopic (exact) mass is 464 g/mol. The molecule has 7 heteroatoms. The third-order valence-electron chi connectivity index (χ3n) is 5.72. The Kier molecular flexibility index (Phi) is 7.88. The predicted octanol–water partition coefficient (Wildman–Crippen LogP) is 3.86. The van der Waals surface area contributed by atoms with Gasteiger partial charge in [0.2, 0.25) is 0 Å². The minimum atomic E-state index is -0.243. The number of morpholine rings is 1. The summed E-state index contributed by atoms with van der Waals surface area (Å²) in [6, 6.07) is 18.2. The number of benzene rings is 2. The standard InChI is InChI=1S/C26H28N2O4S/c1-31-25(29)16-19-2-4-20(5-3-19)21-6-8-22(9-7-21)23-17-24(33-18-23)26(30)27-10-11-28-12-14-32-15-13-28/h2-9,17-18H,10-16H2,1H3,(H,27,30). The lowest BCUT2D eigenvalue weighted by Gasteiger charge is -2.26. The number of ether oxygens (including phenoxy) is 2. The number of rotatable bonds is 8. The number of hydrogen-bond donors (Lipinski definition) is 1. The number of nitrogens with one attached hydrogen (secondary N) is 1. The summed E-state index contributed by atoms with van der Waals surface area (Å²) < 4.78 is 10.1. The van der Waals surface area contributed by atoms with Crippen LogP contribution in [-0.4, -0.2) is 63.3 Å². The Labute approximate surface area is 198 Å². The van der Waals surface area contributed by atoms with Gasteiger partial charge >= 0.3 is 5.97 Å². The molecule has 0 bridgehead atoms. The Morgan fingerprint density at radius 2 is 1.58 bits per heavy atom. The SMILES string of the molecule is COC(=O)Cc1ccc(-c2ccc(-c3csc(C(=O)NCCN4CCOCC4)c3)cc2)cc1. The molecule has 1 N–H and O–H groups in total. The fraction of sp³-hybridized carbons (Fsp3) is 0.308. The number of methoxy groups -OCH3 is 1. The van der Waals surface area contributed by atoms with E-state index in [1.165, 1.54) is 18.4 Å². The van der Waals surface area contributed by atoms with Crippen LogP contribution in [0.1, 0.15) is 15.2 Å². The normalized spacial score (nSPS) is 14.1. The van der Waals surface area contributed by atoms with E-state index in [0.717, 1.165) is 65.5 Å². The van der Waals surface area contributed by atoms with Crippen molar-refractivity contribution in [2.75, 3.05) is 46.5 Å². The van der Waals surface area contributed by atoms with Gasteiger partial charge in [0.15, 0.2) is 0 Å². The lowest BCUT2D eigenvalue weighted by Crippen LogP contribution is -2.41. The maximum Gasteiger partial charge on any atom is 0.309 e. The van der Waals surface area contributed by atoms with Crippen LogP contribution in [0.4, 0.5) is 0 Å². The van der Waals surface area contributed by atoms with Crippen molar-refractivity contribution in [3.05, 3.63) is 70.4 Å². The van der Waals surface area contributed by atoms with Gasteiger partial charge in [-0.05, 0) is 39.3 Å². The van der Waals surface area contributed by atoms with E-state index in [4.69, 9.17) is 9.47 Å². The highest BCUT2D eigenvalue weighted by atomic mass is 32.1. The Balaban J connectivity index is 1.33. The molecule has 0 radical (unpaired) electrons. The quantitative estimate of drug-likeness (QED) is 0.513. The van der Waals surface area contributed by atoms with Crippen LogP contribution in [0.3, 0.4) is 0 Å². The minimum absolute atomic E-state index is 0.0248. The van der Waals surface area contributed by atoms with Crippen LogP contribution in [0.2, 0.25) is 0 Å². The highest BCUT2D eigenvalue weighted by Gasteiger charge is 2.13. The molecule has 1 aliphatic heterocycles. The van der Waals surface area contributed by atoms with Crippen molar-refractivity contribution in [1.82, 2.24) is 10.2 Å². The Bertz CT molecular complexity index is 1070. The number of nitrogens with zero attached hydrogens (tertiary/aromatic N) is 1. The molecule has 0 atom stereocenters. The second-order valence-corrected chi connectivity index (χ2v) is 8.85. The van der Waals surface area contributed by atoms with Crippen molar-refractivity contribution < 1.29 is 19.1 Å². The van der Waals surface area contributed by atoms with Crippen molar-refractivity contribution in [1.29, 1.82) is 0 Å². The number of carbonyl (C=O) groups is 2. The average Bonchev–Trinajstić information content (AvgIpc) is 3.36. The smallest absolute Gasteiger partial charge is 0.309 e. The summed E-state index contributed by atoms with van der Waals surface area (Å²) in [5, 5.41) is 5.04. The molecular formula is C26H28N2O4S. The topological polar surface area (TPSA) is 67.9 Å². The third-order valence-corrected chi connectivity index (χ3v) is 6.65. The van der Waals surface area contributed by atoms with E-state index in [0.29, 0.717) is 6.54 Å². The average molecular weight is 465 g/mol. The fourth-order valence-electron chi connectivity index (χ4n) is 3.76. The Hall–Kier alpha value is -3.00. The van der Waals surface area contributed by atoms with E-state index in [9.17, 15) is 9.59 Å². The van der Waals surface area contributed by atoms with Crippen LogP contribution in [0.25, 0.3) is 22.3 Å². The van der Waals surface area contributed by atoms with E-state index < -0.39 is 0 Å². The molecule has 1 aliphatic rings. The van der Waals surface area contributed by atoms with Gasteiger partial charge in [-0.15, -0.1) is 11.3 Å². The Morgan fingerprint density at radius 3 is 2.21 bits per heavy atom. The summed E-state index contributed by atoms with van der Waals surface area (Å²) in [4.78, 5) is 27.0. The zero-order chi connectivity index (χ0) is 23.0. The van der Waals surface area contributed by atoms with Gasteiger partial charge in [0.1, 0.15) is 0 Å². The third kappa shape index (κ3) is 6.28. The first-order valence-electron chi connectivity index (χ1n) is 11.1. The molecule has 0 saturated carbocycles. The van der Waals surface area contributed by atoms with Crippen molar-refractivity contribution in [3.63, 3.8) is 0 Å². The highest BCUT2D eigenvalue weighted by molar-refractivity contribution is 7.12. The minimum Gasteiger partial charge on any atom is -0.469 e. The molecular weight excluding hydrogens is 436 g/mol. The van der Waals surface area contributed by atoms with E-state index >= 15 is 0 Å². The fourth-order valence-corrected chi connectivity index (χ4v) is 4.59. The molecule has 6 nitrogen and oxygen atoms in total. The molecule has 0 spiro atoms. The summed E-state index contributed by atoms with van der Waals surface area (Å²) in [5.74, 6) is -0.267. The molecule has 1 aromatic heterocycles. The van der Waals surface area contributed by atoms with Crippen LogP contribution < -0.4 is 5.32 Å². The van der Waals surface area contributed by atoms with Gasteiger partial charge in [0, 0.05) is 26.2 Å². The van der Waals surface area contributed by atoms with Crippen molar-refractivity contribution in [3.8, 4) is 22.3 Å². The zero-order valence-electron chi connectivity index (χ0n) is 18.7. The first-order chi connectivity index (χ1) is 16.1. The van der Waals surface area contributed by atoms with Crippen molar-refractivity contribution in [2.45, 2.75) is 6.42 Å². The number of amides is 1. The molecule has 1 fully saturated rings. The van der Waals surface area contributed by atoms with Crippen LogP contribution in [-0.2, 0) is 20.7 Å². The molecule has 2 aromatic carbocycles. The molecule has 1 amide bonds. The van der Waals surface area contributed by atoms with Gasteiger partial charge in [0.05, 0.1) is 31.6 Å². The number of carbonyl (C=O) groups excluding carboxylic acids is 2. The zero-order valence-corrected chi connectivity index (χ0v) is 19.5. The van der Waals surface area contributed by atoms with Gasteiger partial charge in [-0.2, -0.15) is 0 Å². The van der Waals surface area contributed by atoms with Gasteiger partial charge in [0.25, 0.3) is 5.91 Å². The van der Waals surface area contributed by atoms with E-state index in [1.807, 2.05) is 35.7 Å². The summed E-state index contributed by atoms with van der Waals surface area (Å²) in [6.07, 6.45) is 0.275. The second-order valence-electron chi connectivity index (χ2n) is 7.94. The first-order valence-corrected chi connectivity index (χ1v) is 11.9. The van der Waals surface area contributed by atoms with Crippen molar-refractivity contribution in [2.24, 2.45) is 0 Å². The first kappa shape index (κ1) is 23.2. The molecule has 172 valence electrons. The molecule has 4 rings (SSSR count). The predicted molar refractivity (Wildman–Crippen MR) is 131 cm³/mol. The largest absolute Gasteiger partial charge is 0.469 e. The van der Waals surface area contributed by atoms with Gasteiger partial charge < -0.3 is 14.8 Å². The second kappa shape index (κ2) is 11.2. The molecule has 0 aliphatic carbocycles. The molecule has 3 aromatic rings. The van der Waals surface area contributed by atoms with Crippen LogP contribution in [0.5, 0.6) is 0 Å². The number of hydrogen-bond acceptors (Lipinski definition) is 6. The van der Waals surface area contributed by atoms with Gasteiger partial charge in [-0.3, -0.25) is 14.5 Å². The number of esters is 1. The van der Waals surface area contributed by atoms with Gasteiger partial charge in [-0.1, -0.05) is 48.5 Å². The molecule has 1 saturated heterocycles. The summed E-state index contributed by atoms with van der Waals surface area (Å²) >= 11 is 1.46. The lowest BCUT2D eigenvalue weighted by atomic mass is 10.00. The van der Waals surface area contributed by atoms with Gasteiger partial charge in [-0.25, -0.2) is 0 Å². The van der Waals surface area contributed by atoms with E-state index in [-0.39, 0.29) is 18.3 Å². The summed E-state index contributed by atoms with van der Waals surface area (Å²) in [7, 11) is 1.40. The summed E-state index contributed by atoms with van der Waals surface area (Å²) in [5.41, 5.74) is 5.22. The van der Waals surface area contributed by atoms with Crippen LogP contribution >= 0.6 is 11.3 Å².